The van der Waals surface area contributed by atoms with Gasteiger partial charge in [0, 0.05) is 22.8 Å². The van der Waals surface area contributed by atoms with E-state index in [4.69, 9.17) is 10.7 Å². The van der Waals surface area contributed by atoms with Gasteiger partial charge in [0.2, 0.25) is 0 Å². The molecule has 0 saturated heterocycles. The Kier molecular flexibility index (Phi) is 2.15. The Morgan fingerprint density at radius 2 is 2.20 bits per heavy atom. The quantitative estimate of drug-likeness (QED) is 0.854. The van der Waals surface area contributed by atoms with Crippen LogP contribution in [0.2, 0.25) is 0 Å². The number of aromatic nitrogens is 1. The smallest absolute Gasteiger partial charge is 0.0962 e. The van der Waals surface area contributed by atoms with E-state index in [-0.39, 0.29) is 0 Å². The Morgan fingerprint density at radius 1 is 1.47 bits per heavy atom. The maximum atomic E-state index is 5.88. The molecule has 2 aliphatic rings. The molecule has 0 amide bonds. The van der Waals surface area contributed by atoms with Crippen molar-refractivity contribution in [3.8, 4) is 0 Å². The van der Waals surface area contributed by atoms with Crippen molar-refractivity contribution >= 4 is 11.3 Å². The van der Waals surface area contributed by atoms with Crippen LogP contribution in [0.4, 0.5) is 0 Å². The van der Waals surface area contributed by atoms with Crippen molar-refractivity contribution in [1.29, 1.82) is 0 Å². The van der Waals surface area contributed by atoms with Crippen molar-refractivity contribution in [2.45, 2.75) is 50.4 Å². The lowest BCUT2D eigenvalue weighted by atomic mass is 9.86. The molecule has 2 saturated carbocycles. The lowest BCUT2D eigenvalue weighted by Crippen LogP contribution is -2.19. The number of aryl methyl sites for hydroxylation is 1. The van der Waals surface area contributed by atoms with Crippen LogP contribution in [0.25, 0.3) is 0 Å². The summed E-state index contributed by atoms with van der Waals surface area (Å²) in [6.45, 7) is 2.96. The Bertz CT molecular complexity index is 375. The summed E-state index contributed by atoms with van der Waals surface area (Å²) in [5.74, 6) is 0.774. The van der Waals surface area contributed by atoms with E-state index in [0.717, 1.165) is 12.5 Å². The van der Waals surface area contributed by atoms with E-state index < -0.39 is 0 Å². The van der Waals surface area contributed by atoms with Crippen LogP contribution in [0.5, 0.6) is 0 Å². The van der Waals surface area contributed by atoms with Gasteiger partial charge in [-0.25, -0.2) is 4.98 Å². The summed E-state index contributed by atoms with van der Waals surface area (Å²) in [5.41, 5.74) is 7.47. The normalized spacial score (nSPS) is 23.9. The molecule has 15 heavy (non-hydrogen) atoms. The van der Waals surface area contributed by atoms with Crippen LogP contribution in [-0.2, 0) is 5.41 Å². The molecule has 0 radical (unpaired) electrons. The van der Waals surface area contributed by atoms with Crippen molar-refractivity contribution in [2.75, 3.05) is 6.54 Å². The minimum atomic E-state index is 0.337. The molecule has 3 heteroatoms. The zero-order valence-electron chi connectivity index (χ0n) is 9.25. The molecule has 2 fully saturated rings. The number of rotatable bonds is 3. The van der Waals surface area contributed by atoms with Crippen LogP contribution < -0.4 is 5.73 Å². The Balaban J connectivity index is 1.91. The molecule has 2 N–H and O–H groups in total. The van der Waals surface area contributed by atoms with Crippen molar-refractivity contribution in [3.05, 3.63) is 15.6 Å². The molecule has 0 atom stereocenters. The van der Waals surface area contributed by atoms with Crippen molar-refractivity contribution in [2.24, 2.45) is 5.73 Å². The van der Waals surface area contributed by atoms with Crippen LogP contribution in [0.3, 0.4) is 0 Å². The van der Waals surface area contributed by atoms with Gasteiger partial charge >= 0.3 is 0 Å². The van der Waals surface area contributed by atoms with Crippen LogP contribution in [0.1, 0.15) is 53.6 Å². The average Bonchev–Trinajstić information content (AvgIpc) is 2.84. The van der Waals surface area contributed by atoms with Gasteiger partial charge in [0.25, 0.3) is 0 Å². The third kappa shape index (κ3) is 1.44. The largest absolute Gasteiger partial charge is 0.330 e. The molecule has 2 nitrogen and oxygen atoms in total. The highest BCUT2D eigenvalue weighted by molar-refractivity contribution is 7.12. The Labute approximate surface area is 94.9 Å². The molecule has 0 aliphatic heterocycles. The molecular weight excluding hydrogens is 204 g/mol. The summed E-state index contributed by atoms with van der Waals surface area (Å²) in [4.78, 5) is 6.24. The van der Waals surface area contributed by atoms with E-state index >= 15 is 0 Å². The van der Waals surface area contributed by atoms with E-state index in [1.165, 1.54) is 47.7 Å². The van der Waals surface area contributed by atoms with Gasteiger partial charge in [-0.05, 0) is 32.6 Å². The summed E-state index contributed by atoms with van der Waals surface area (Å²) in [6.07, 6.45) is 6.64. The molecule has 0 unspecified atom stereocenters. The van der Waals surface area contributed by atoms with Crippen LogP contribution in [-0.4, -0.2) is 11.5 Å². The number of hydrogen-bond acceptors (Lipinski definition) is 3. The molecule has 0 aromatic carbocycles. The molecular formula is C12H18N2S. The van der Waals surface area contributed by atoms with Gasteiger partial charge in [-0.3, -0.25) is 0 Å². The zero-order chi connectivity index (χ0) is 10.5. The second-order valence-corrected chi connectivity index (χ2v) is 6.11. The first-order valence-corrected chi connectivity index (χ1v) is 6.75. The second kappa shape index (κ2) is 3.29. The minimum Gasteiger partial charge on any atom is -0.330 e. The SMILES string of the molecule is Cc1nc(C2CCC2)sc1C1(CN)CC1. The van der Waals surface area contributed by atoms with Crippen LogP contribution in [0, 0.1) is 6.92 Å². The molecule has 0 spiro atoms. The van der Waals surface area contributed by atoms with E-state index in [1.54, 1.807) is 0 Å². The van der Waals surface area contributed by atoms with Gasteiger partial charge in [-0.15, -0.1) is 11.3 Å². The van der Waals surface area contributed by atoms with Crippen molar-refractivity contribution in [3.63, 3.8) is 0 Å². The van der Waals surface area contributed by atoms with Crippen molar-refractivity contribution < 1.29 is 0 Å². The minimum absolute atomic E-state index is 0.337. The van der Waals surface area contributed by atoms with Crippen LogP contribution in [0.15, 0.2) is 0 Å². The number of nitrogens with zero attached hydrogens (tertiary/aromatic N) is 1. The fourth-order valence-electron chi connectivity index (χ4n) is 2.41. The second-order valence-electron chi connectivity index (χ2n) is 5.08. The lowest BCUT2D eigenvalue weighted by molar-refractivity contribution is 0.418. The fraction of sp³-hybridized carbons (Fsp3) is 0.750. The third-order valence-corrected chi connectivity index (χ3v) is 5.56. The predicted octanol–water partition coefficient (Wildman–Crippen LogP) is 2.71. The standard InChI is InChI=1S/C12H18N2S/c1-8-10(12(7-13)5-6-12)15-11(14-8)9-3-2-4-9/h9H,2-7,13H2,1H3. The summed E-state index contributed by atoms with van der Waals surface area (Å²) in [6, 6.07) is 0. The molecule has 1 aromatic heterocycles. The molecule has 2 aliphatic carbocycles. The summed E-state index contributed by atoms with van der Waals surface area (Å²) >= 11 is 1.95. The fourth-order valence-corrected chi connectivity index (χ4v) is 3.91. The van der Waals surface area contributed by atoms with Gasteiger partial charge in [0.15, 0.2) is 0 Å². The average molecular weight is 222 g/mol. The Morgan fingerprint density at radius 3 is 2.67 bits per heavy atom. The number of thiazole rings is 1. The van der Waals surface area contributed by atoms with Gasteiger partial charge in [0.1, 0.15) is 0 Å². The van der Waals surface area contributed by atoms with Gasteiger partial charge in [0.05, 0.1) is 10.7 Å². The van der Waals surface area contributed by atoms with Crippen molar-refractivity contribution in [1.82, 2.24) is 4.98 Å². The summed E-state index contributed by atoms with van der Waals surface area (Å²) in [5, 5.41) is 1.38. The molecule has 1 aromatic rings. The highest BCUT2D eigenvalue weighted by atomic mass is 32.1. The zero-order valence-corrected chi connectivity index (χ0v) is 10.1. The predicted molar refractivity (Wildman–Crippen MR) is 63.4 cm³/mol. The first-order chi connectivity index (χ1) is 7.25. The monoisotopic (exact) mass is 222 g/mol. The third-order valence-electron chi connectivity index (χ3n) is 3.99. The number of nitrogens with two attached hydrogens (primary N) is 1. The molecule has 0 bridgehead atoms. The molecule has 82 valence electrons. The van der Waals surface area contributed by atoms with Gasteiger partial charge < -0.3 is 5.73 Å². The first-order valence-electron chi connectivity index (χ1n) is 5.93. The summed E-state index contributed by atoms with van der Waals surface area (Å²) < 4.78 is 0. The van der Waals surface area contributed by atoms with E-state index in [9.17, 15) is 0 Å². The van der Waals surface area contributed by atoms with E-state index in [1.807, 2.05) is 11.3 Å². The topological polar surface area (TPSA) is 38.9 Å². The highest BCUT2D eigenvalue weighted by Crippen LogP contribution is 2.52. The lowest BCUT2D eigenvalue weighted by Gasteiger charge is -2.22. The van der Waals surface area contributed by atoms with Gasteiger partial charge in [-0.2, -0.15) is 0 Å². The van der Waals surface area contributed by atoms with Gasteiger partial charge in [-0.1, -0.05) is 6.42 Å². The number of hydrogen-bond donors (Lipinski definition) is 1. The van der Waals surface area contributed by atoms with E-state index in [2.05, 4.69) is 6.92 Å². The highest BCUT2D eigenvalue weighted by Gasteiger charge is 2.46. The maximum Gasteiger partial charge on any atom is 0.0962 e. The summed E-state index contributed by atoms with van der Waals surface area (Å²) in [7, 11) is 0. The first kappa shape index (κ1) is 9.79. The maximum absolute atomic E-state index is 5.88. The van der Waals surface area contributed by atoms with E-state index in [0.29, 0.717) is 5.41 Å². The molecule has 1 heterocycles. The Hall–Kier alpha value is -0.410. The molecule has 3 rings (SSSR count). The van der Waals surface area contributed by atoms with Crippen LogP contribution >= 0.6 is 11.3 Å².